The molecule has 4 N–H and O–H groups in total. The molecule has 0 spiro atoms. The smallest absolute Gasteiger partial charge is 0.320 e. The molecule has 0 bridgehead atoms. The predicted molar refractivity (Wildman–Crippen MR) is 79.7 cm³/mol. The number of unbranched alkanes of at least 4 members (excludes halogenated alkanes) is 1. The van der Waals surface area contributed by atoms with Crippen LogP contribution in [-0.2, 0) is 14.8 Å². The molecule has 0 heterocycles. The van der Waals surface area contributed by atoms with Crippen LogP contribution < -0.4 is 10.5 Å². The lowest BCUT2D eigenvalue weighted by molar-refractivity contribution is -0.138. The van der Waals surface area contributed by atoms with Crippen LogP contribution in [0.4, 0.5) is 23.2 Å². The minimum atomic E-state index is -4.98. The number of aliphatic carboxylic acids is 1. The summed E-state index contributed by atoms with van der Waals surface area (Å²) in [6.45, 7) is -0.394. The van der Waals surface area contributed by atoms with E-state index in [2.05, 4.69) is 5.11 Å². The molecular formula is C12H13F4N5O4S. The number of hydrogen-bond donors (Lipinski definition) is 3. The highest BCUT2D eigenvalue weighted by Crippen LogP contribution is 2.32. The second-order valence-corrected chi connectivity index (χ2v) is 6.67. The summed E-state index contributed by atoms with van der Waals surface area (Å²) in [6, 6.07) is -1.15. The molecule has 0 saturated heterocycles. The van der Waals surface area contributed by atoms with Crippen LogP contribution in [0.5, 0.6) is 0 Å². The molecule has 0 aliphatic heterocycles. The van der Waals surface area contributed by atoms with Gasteiger partial charge < -0.3 is 10.8 Å². The van der Waals surface area contributed by atoms with Gasteiger partial charge in [0.15, 0.2) is 28.2 Å². The average Bonchev–Trinajstić information content (AvgIpc) is 2.56. The third kappa shape index (κ3) is 4.82. The molecule has 1 aromatic carbocycles. The largest absolute Gasteiger partial charge is 0.480 e. The second kappa shape index (κ2) is 8.80. The first-order valence-electron chi connectivity index (χ1n) is 6.93. The standard InChI is InChI=1S/C12H13F4N5O4S/c13-6-8(15)11(9(16)7(14)10(6)20-21-18)26(24,25)19-4-2-1-3-5(17)12(22)23/h5,19H,1-4,17H2,(H,22,23). The summed E-state index contributed by atoms with van der Waals surface area (Å²) >= 11 is 0. The maximum atomic E-state index is 13.8. The van der Waals surface area contributed by atoms with Crippen LogP contribution in [-0.4, -0.2) is 32.1 Å². The van der Waals surface area contributed by atoms with Crippen molar-refractivity contribution in [3.8, 4) is 0 Å². The normalized spacial score (nSPS) is 12.5. The molecule has 0 aliphatic carbocycles. The quantitative estimate of drug-likeness (QED) is 0.145. The Balaban J connectivity index is 2.97. The Morgan fingerprint density at radius 3 is 2.19 bits per heavy atom. The number of carboxylic acids is 1. The molecule has 9 nitrogen and oxygen atoms in total. The predicted octanol–water partition coefficient (Wildman–Crippen LogP) is 2.05. The highest BCUT2D eigenvalue weighted by atomic mass is 32.2. The molecule has 0 amide bonds. The van der Waals surface area contributed by atoms with E-state index >= 15 is 0 Å². The number of sulfonamides is 1. The van der Waals surface area contributed by atoms with Crippen molar-refractivity contribution in [3.05, 3.63) is 33.7 Å². The van der Waals surface area contributed by atoms with Gasteiger partial charge in [0, 0.05) is 11.5 Å². The minimum Gasteiger partial charge on any atom is -0.480 e. The first-order valence-corrected chi connectivity index (χ1v) is 8.42. The SMILES string of the molecule is [N-]=[N+]=Nc1c(F)c(F)c(S(=O)(=O)NCCCCC(N)C(=O)O)c(F)c1F. The summed E-state index contributed by atoms with van der Waals surface area (Å²) in [5.74, 6) is -10.1. The number of benzene rings is 1. The van der Waals surface area contributed by atoms with Crippen LogP contribution in [0.15, 0.2) is 10.0 Å². The number of hydrogen-bond acceptors (Lipinski definition) is 5. The molecule has 0 aliphatic rings. The van der Waals surface area contributed by atoms with Crippen LogP contribution in [0.1, 0.15) is 19.3 Å². The Hall–Kier alpha value is -2.41. The lowest BCUT2D eigenvalue weighted by Crippen LogP contribution is -2.30. The van der Waals surface area contributed by atoms with Crippen LogP contribution in [0, 0.1) is 23.3 Å². The monoisotopic (exact) mass is 399 g/mol. The van der Waals surface area contributed by atoms with E-state index in [4.69, 9.17) is 16.4 Å². The number of rotatable bonds is 9. The van der Waals surface area contributed by atoms with Gasteiger partial charge in [-0.3, -0.25) is 4.79 Å². The van der Waals surface area contributed by atoms with Crippen LogP contribution >= 0.6 is 0 Å². The summed E-state index contributed by atoms with van der Waals surface area (Å²) in [5.41, 5.74) is 11.7. The molecule has 14 heteroatoms. The molecule has 144 valence electrons. The number of carboxylic acid groups (broad SMARTS) is 1. The molecular weight excluding hydrogens is 386 g/mol. The fourth-order valence-corrected chi connectivity index (χ4v) is 3.07. The van der Waals surface area contributed by atoms with Crippen LogP contribution in [0.2, 0.25) is 0 Å². The highest BCUT2D eigenvalue weighted by molar-refractivity contribution is 7.89. The van der Waals surface area contributed by atoms with E-state index < -0.39 is 62.4 Å². The summed E-state index contributed by atoms with van der Waals surface area (Å²) < 4.78 is 80.4. The van der Waals surface area contributed by atoms with Gasteiger partial charge in [-0.25, -0.2) is 30.7 Å². The fraction of sp³-hybridized carbons (Fsp3) is 0.417. The number of nitrogens with zero attached hydrogens (tertiary/aromatic N) is 3. The number of nitrogens with two attached hydrogens (primary N) is 1. The summed E-state index contributed by atoms with van der Waals surface area (Å²) in [4.78, 5) is 10.6. The van der Waals surface area contributed by atoms with Gasteiger partial charge in [0.05, 0.1) is 0 Å². The zero-order valence-corrected chi connectivity index (χ0v) is 13.7. The van der Waals surface area contributed by atoms with Crippen molar-refractivity contribution in [2.75, 3.05) is 6.54 Å². The molecule has 1 rings (SSSR count). The number of nitrogens with one attached hydrogen (secondary N) is 1. The van der Waals surface area contributed by atoms with Gasteiger partial charge >= 0.3 is 5.97 Å². The zero-order valence-electron chi connectivity index (χ0n) is 12.9. The Kier molecular flexibility index (Phi) is 7.32. The topological polar surface area (TPSA) is 158 Å². The van der Waals surface area contributed by atoms with Crippen molar-refractivity contribution in [1.29, 1.82) is 0 Å². The van der Waals surface area contributed by atoms with Gasteiger partial charge in [-0.1, -0.05) is 11.5 Å². The third-order valence-corrected chi connectivity index (χ3v) is 4.64. The molecule has 0 radical (unpaired) electrons. The van der Waals surface area contributed by atoms with Crippen molar-refractivity contribution in [2.24, 2.45) is 10.8 Å². The molecule has 26 heavy (non-hydrogen) atoms. The van der Waals surface area contributed by atoms with Crippen LogP contribution in [0.3, 0.4) is 0 Å². The van der Waals surface area contributed by atoms with E-state index in [9.17, 15) is 30.8 Å². The van der Waals surface area contributed by atoms with Crippen molar-refractivity contribution in [3.63, 3.8) is 0 Å². The van der Waals surface area contributed by atoms with E-state index in [0.717, 1.165) is 0 Å². The maximum Gasteiger partial charge on any atom is 0.320 e. The van der Waals surface area contributed by atoms with Gasteiger partial charge in [0.1, 0.15) is 11.7 Å². The van der Waals surface area contributed by atoms with Crippen molar-refractivity contribution in [1.82, 2.24) is 4.72 Å². The van der Waals surface area contributed by atoms with E-state index in [-0.39, 0.29) is 19.3 Å². The fourth-order valence-electron chi connectivity index (χ4n) is 1.86. The first-order chi connectivity index (χ1) is 12.0. The Morgan fingerprint density at radius 1 is 1.19 bits per heavy atom. The molecule has 1 atom stereocenters. The lowest BCUT2D eigenvalue weighted by atomic mass is 10.1. The third-order valence-electron chi connectivity index (χ3n) is 3.16. The van der Waals surface area contributed by atoms with E-state index in [1.54, 1.807) is 4.72 Å². The van der Waals surface area contributed by atoms with Crippen molar-refractivity contribution < 1.29 is 35.9 Å². The second-order valence-electron chi connectivity index (χ2n) is 4.96. The number of carbonyl (C=O) groups is 1. The number of halogens is 4. The highest BCUT2D eigenvalue weighted by Gasteiger charge is 2.32. The van der Waals surface area contributed by atoms with Gasteiger partial charge in [-0.2, -0.15) is 0 Å². The summed E-state index contributed by atoms with van der Waals surface area (Å²) in [6.07, 6.45) is 0.231. The van der Waals surface area contributed by atoms with E-state index in [1.807, 2.05) is 4.91 Å². The molecule has 0 fully saturated rings. The van der Waals surface area contributed by atoms with Gasteiger partial charge in [0.2, 0.25) is 10.0 Å². The zero-order chi connectivity index (χ0) is 20.1. The first kappa shape index (κ1) is 21.6. The summed E-state index contributed by atoms with van der Waals surface area (Å²) in [7, 11) is -4.98. The lowest BCUT2D eigenvalue weighted by Gasteiger charge is -2.11. The summed E-state index contributed by atoms with van der Waals surface area (Å²) in [5, 5.41) is 11.0. The molecule has 0 saturated carbocycles. The minimum absolute atomic E-state index is 0.0178. The van der Waals surface area contributed by atoms with Gasteiger partial charge in [-0.05, 0) is 18.4 Å². The maximum absolute atomic E-state index is 13.8. The molecule has 0 aromatic heterocycles. The van der Waals surface area contributed by atoms with Gasteiger partial charge in [-0.15, -0.1) is 0 Å². The van der Waals surface area contributed by atoms with Gasteiger partial charge in [0.25, 0.3) is 0 Å². The van der Waals surface area contributed by atoms with Crippen LogP contribution in [0.25, 0.3) is 10.4 Å². The molecule has 1 unspecified atom stereocenters. The van der Waals surface area contributed by atoms with Crippen molar-refractivity contribution >= 4 is 21.7 Å². The Morgan fingerprint density at radius 2 is 1.73 bits per heavy atom. The number of azide groups is 1. The Labute approximate surface area is 144 Å². The average molecular weight is 399 g/mol. The van der Waals surface area contributed by atoms with E-state index in [1.165, 1.54) is 0 Å². The molecule has 1 aromatic rings. The Bertz CT molecular complexity index is 829. The van der Waals surface area contributed by atoms with E-state index in [0.29, 0.717) is 0 Å². The van der Waals surface area contributed by atoms with Crippen molar-refractivity contribution in [2.45, 2.75) is 30.2 Å².